The van der Waals surface area contributed by atoms with Gasteiger partial charge in [-0.2, -0.15) is 5.26 Å². The zero-order valence-corrected chi connectivity index (χ0v) is 12.5. The quantitative estimate of drug-likeness (QED) is 0.933. The van der Waals surface area contributed by atoms with Crippen LogP contribution in [0.4, 0.5) is 0 Å². The molecule has 1 fully saturated rings. The number of carbonyl (C=O) groups is 1. The number of hydrogen-bond donors (Lipinski definition) is 1. The van der Waals surface area contributed by atoms with E-state index in [9.17, 15) is 4.79 Å². The van der Waals surface area contributed by atoms with Crippen LogP contribution < -0.4 is 5.32 Å². The lowest BCUT2D eigenvalue weighted by atomic mass is 10.0. The molecule has 0 spiro atoms. The summed E-state index contributed by atoms with van der Waals surface area (Å²) in [6.45, 7) is 2.22. The molecule has 0 aromatic heterocycles. The molecule has 2 aromatic carbocycles. The normalized spacial score (nSPS) is 20.7. The van der Waals surface area contributed by atoms with Crippen LogP contribution in [0.15, 0.2) is 54.6 Å². The van der Waals surface area contributed by atoms with Gasteiger partial charge in [-0.15, -0.1) is 0 Å². The highest BCUT2D eigenvalue weighted by molar-refractivity contribution is 5.94. The topological polar surface area (TPSA) is 52.9 Å². The van der Waals surface area contributed by atoms with Crippen molar-refractivity contribution in [2.24, 2.45) is 11.8 Å². The predicted octanol–water partition coefficient (Wildman–Crippen LogP) is 3.69. The van der Waals surface area contributed by atoms with Crippen LogP contribution in [-0.4, -0.2) is 5.91 Å². The maximum atomic E-state index is 12.5. The van der Waals surface area contributed by atoms with Crippen LogP contribution in [0, 0.1) is 23.2 Å². The Balaban J connectivity index is 1.78. The van der Waals surface area contributed by atoms with Gasteiger partial charge in [-0.05, 0) is 48.1 Å². The summed E-state index contributed by atoms with van der Waals surface area (Å²) in [5.41, 5.74) is 2.30. The van der Waals surface area contributed by atoms with Crippen LogP contribution in [0.1, 0.15) is 40.9 Å². The third-order valence-electron chi connectivity index (χ3n) is 4.32. The van der Waals surface area contributed by atoms with Gasteiger partial charge in [0.2, 0.25) is 0 Å². The minimum atomic E-state index is -0.0857. The van der Waals surface area contributed by atoms with Gasteiger partial charge in [0.25, 0.3) is 5.91 Å². The van der Waals surface area contributed by atoms with E-state index < -0.39 is 0 Å². The zero-order valence-electron chi connectivity index (χ0n) is 12.5. The van der Waals surface area contributed by atoms with Gasteiger partial charge in [0.1, 0.15) is 0 Å². The van der Waals surface area contributed by atoms with Crippen LogP contribution >= 0.6 is 0 Å². The molecule has 2 aromatic rings. The van der Waals surface area contributed by atoms with Crippen molar-refractivity contribution in [2.75, 3.05) is 0 Å². The van der Waals surface area contributed by atoms with E-state index in [4.69, 9.17) is 5.26 Å². The van der Waals surface area contributed by atoms with Gasteiger partial charge in [-0.1, -0.05) is 37.3 Å². The summed E-state index contributed by atoms with van der Waals surface area (Å²) < 4.78 is 0. The summed E-state index contributed by atoms with van der Waals surface area (Å²) in [7, 11) is 0. The van der Waals surface area contributed by atoms with Gasteiger partial charge < -0.3 is 5.32 Å². The molecule has 1 saturated carbocycles. The maximum absolute atomic E-state index is 12.5. The fraction of sp³-hybridized carbons (Fsp3) is 0.263. The Labute approximate surface area is 130 Å². The van der Waals surface area contributed by atoms with E-state index in [1.807, 2.05) is 18.2 Å². The molecule has 1 aliphatic rings. The van der Waals surface area contributed by atoms with Crippen molar-refractivity contribution in [1.29, 1.82) is 5.26 Å². The number of nitrogens with zero attached hydrogens (tertiary/aromatic N) is 1. The SMILES string of the molecule is CC1CC1C(NC(=O)c1ccc(C#N)cc1)c1ccccc1. The summed E-state index contributed by atoms with van der Waals surface area (Å²) in [4.78, 5) is 12.5. The fourth-order valence-corrected chi connectivity index (χ4v) is 2.83. The first-order valence-corrected chi connectivity index (χ1v) is 7.55. The standard InChI is InChI=1S/C19H18N2O/c1-13-11-17(13)18(15-5-3-2-4-6-15)21-19(22)16-9-7-14(12-20)8-10-16/h2-10,13,17-18H,11H2,1H3,(H,21,22). The highest BCUT2D eigenvalue weighted by atomic mass is 16.1. The summed E-state index contributed by atoms with van der Waals surface area (Å²) in [6, 6.07) is 19.0. The molecule has 3 rings (SSSR count). The van der Waals surface area contributed by atoms with Crippen molar-refractivity contribution in [3.63, 3.8) is 0 Å². The van der Waals surface area contributed by atoms with E-state index >= 15 is 0 Å². The largest absolute Gasteiger partial charge is 0.345 e. The fourth-order valence-electron chi connectivity index (χ4n) is 2.83. The zero-order chi connectivity index (χ0) is 15.5. The second-order valence-corrected chi connectivity index (χ2v) is 5.93. The van der Waals surface area contributed by atoms with E-state index in [1.54, 1.807) is 24.3 Å². The maximum Gasteiger partial charge on any atom is 0.251 e. The number of amides is 1. The van der Waals surface area contributed by atoms with Crippen molar-refractivity contribution >= 4 is 5.91 Å². The van der Waals surface area contributed by atoms with Gasteiger partial charge in [-0.25, -0.2) is 0 Å². The second kappa shape index (κ2) is 6.03. The lowest BCUT2D eigenvalue weighted by molar-refractivity contribution is 0.0930. The molecule has 0 heterocycles. The molecule has 0 aliphatic heterocycles. The predicted molar refractivity (Wildman–Crippen MR) is 85.1 cm³/mol. The number of nitrogens with one attached hydrogen (secondary N) is 1. The molecule has 0 bridgehead atoms. The van der Waals surface area contributed by atoms with E-state index in [2.05, 4.69) is 30.4 Å². The third kappa shape index (κ3) is 3.01. The lowest BCUT2D eigenvalue weighted by Crippen LogP contribution is -2.30. The van der Waals surface area contributed by atoms with Gasteiger partial charge in [0, 0.05) is 5.56 Å². The van der Waals surface area contributed by atoms with Crippen LogP contribution in [0.2, 0.25) is 0 Å². The number of hydrogen-bond acceptors (Lipinski definition) is 2. The highest BCUT2D eigenvalue weighted by Crippen LogP contribution is 2.46. The van der Waals surface area contributed by atoms with Crippen molar-refractivity contribution in [2.45, 2.75) is 19.4 Å². The van der Waals surface area contributed by atoms with Crippen LogP contribution in [-0.2, 0) is 0 Å². The average molecular weight is 290 g/mol. The Morgan fingerprint density at radius 2 is 1.82 bits per heavy atom. The van der Waals surface area contributed by atoms with E-state index in [1.165, 1.54) is 0 Å². The van der Waals surface area contributed by atoms with Crippen molar-refractivity contribution in [3.8, 4) is 6.07 Å². The molecule has 0 radical (unpaired) electrons. The van der Waals surface area contributed by atoms with E-state index in [0.717, 1.165) is 12.0 Å². The molecule has 0 saturated heterocycles. The molecule has 1 aliphatic carbocycles. The molecule has 1 N–H and O–H groups in total. The first-order chi connectivity index (χ1) is 10.7. The minimum Gasteiger partial charge on any atom is -0.345 e. The Bertz CT molecular complexity index is 700. The Hall–Kier alpha value is -2.60. The van der Waals surface area contributed by atoms with Crippen molar-refractivity contribution in [1.82, 2.24) is 5.32 Å². The van der Waals surface area contributed by atoms with E-state index in [0.29, 0.717) is 23.0 Å². The monoisotopic (exact) mass is 290 g/mol. The number of nitriles is 1. The molecular weight excluding hydrogens is 272 g/mol. The third-order valence-corrected chi connectivity index (χ3v) is 4.32. The summed E-state index contributed by atoms with van der Waals surface area (Å²) >= 11 is 0. The van der Waals surface area contributed by atoms with Gasteiger partial charge in [-0.3, -0.25) is 4.79 Å². The highest BCUT2D eigenvalue weighted by Gasteiger charge is 2.40. The summed E-state index contributed by atoms with van der Waals surface area (Å²) in [6.07, 6.45) is 1.15. The van der Waals surface area contributed by atoms with E-state index in [-0.39, 0.29) is 11.9 Å². The first-order valence-electron chi connectivity index (χ1n) is 7.55. The summed E-state index contributed by atoms with van der Waals surface area (Å²) in [5.74, 6) is 1.06. The number of carbonyl (C=O) groups excluding carboxylic acids is 1. The molecule has 3 atom stereocenters. The van der Waals surface area contributed by atoms with Crippen LogP contribution in [0.5, 0.6) is 0 Å². The molecule has 22 heavy (non-hydrogen) atoms. The smallest absolute Gasteiger partial charge is 0.251 e. The number of benzene rings is 2. The first kappa shape index (κ1) is 14.3. The second-order valence-electron chi connectivity index (χ2n) is 5.93. The van der Waals surface area contributed by atoms with Crippen molar-refractivity contribution in [3.05, 3.63) is 71.3 Å². The van der Waals surface area contributed by atoms with Gasteiger partial charge in [0.05, 0.1) is 17.7 Å². The molecule has 1 amide bonds. The lowest BCUT2D eigenvalue weighted by Gasteiger charge is -2.19. The number of rotatable bonds is 4. The minimum absolute atomic E-state index is 0.0549. The molecule has 3 heteroatoms. The Kier molecular flexibility index (Phi) is 3.93. The summed E-state index contributed by atoms with van der Waals surface area (Å²) in [5, 5.41) is 12.0. The average Bonchev–Trinajstić information content (AvgIpc) is 3.29. The van der Waals surface area contributed by atoms with Crippen LogP contribution in [0.25, 0.3) is 0 Å². The van der Waals surface area contributed by atoms with Crippen LogP contribution in [0.3, 0.4) is 0 Å². The molecule has 3 nitrogen and oxygen atoms in total. The Morgan fingerprint density at radius 3 is 2.36 bits per heavy atom. The molecular formula is C19H18N2O. The Morgan fingerprint density at radius 1 is 1.18 bits per heavy atom. The van der Waals surface area contributed by atoms with Crippen molar-refractivity contribution < 1.29 is 4.79 Å². The van der Waals surface area contributed by atoms with Gasteiger partial charge >= 0.3 is 0 Å². The molecule has 110 valence electrons. The van der Waals surface area contributed by atoms with Gasteiger partial charge in [0.15, 0.2) is 0 Å². The molecule has 3 unspecified atom stereocenters.